The summed E-state index contributed by atoms with van der Waals surface area (Å²) in [5.41, 5.74) is 3.67. The molecule has 30 heavy (non-hydrogen) atoms. The second kappa shape index (κ2) is 9.80. The van der Waals surface area contributed by atoms with Crippen molar-refractivity contribution < 1.29 is 14.3 Å². The molecule has 0 spiro atoms. The van der Waals surface area contributed by atoms with Crippen LogP contribution >= 0.6 is 11.8 Å². The zero-order valence-electron chi connectivity index (χ0n) is 17.8. The maximum absolute atomic E-state index is 13.0. The van der Waals surface area contributed by atoms with Gasteiger partial charge in [0.2, 0.25) is 11.8 Å². The van der Waals surface area contributed by atoms with Crippen LogP contribution in [0.4, 0.5) is 11.4 Å². The standard InChI is InChI=1S/C23H27N3O3S/c1-5-12-26-22(28)20(14-21(27)24-18-8-6-7-9-19(18)29-4)30-23(26)25-17-11-10-15(2)13-16(17)3/h6-11,13,20H,5,12,14H2,1-4H3,(H,24,27)/t20-/m0/s1. The second-order valence-electron chi connectivity index (χ2n) is 7.23. The number of aliphatic imine (C=N–C) groups is 1. The van der Waals surface area contributed by atoms with E-state index in [2.05, 4.69) is 11.4 Å². The minimum absolute atomic E-state index is 0.0689. The lowest BCUT2D eigenvalue weighted by Gasteiger charge is -2.15. The average Bonchev–Trinajstić information content (AvgIpc) is 2.99. The molecule has 0 radical (unpaired) electrons. The van der Waals surface area contributed by atoms with Gasteiger partial charge in [-0.2, -0.15) is 0 Å². The summed E-state index contributed by atoms with van der Waals surface area (Å²) < 4.78 is 5.28. The molecule has 0 aromatic heterocycles. The number of aryl methyl sites for hydroxylation is 2. The van der Waals surface area contributed by atoms with Crippen molar-refractivity contribution in [1.29, 1.82) is 0 Å². The van der Waals surface area contributed by atoms with Gasteiger partial charge in [-0.15, -0.1) is 0 Å². The van der Waals surface area contributed by atoms with Crippen LogP contribution in [0.15, 0.2) is 47.5 Å². The number of amidine groups is 1. The van der Waals surface area contributed by atoms with Gasteiger partial charge < -0.3 is 10.1 Å². The average molecular weight is 426 g/mol. The second-order valence-corrected chi connectivity index (χ2v) is 8.40. The topological polar surface area (TPSA) is 71.0 Å². The first kappa shape index (κ1) is 21.9. The molecule has 6 nitrogen and oxygen atoms in total. The van der Waals surface area contributed by atoms with Gasteiger partial charge in [0.05, 0.1) is 18.5 Å². The van der Waals surface area contributed by atoms with Crippen molar-refractivity contribution >= 4 is 40.1 Å². The smallest absolute Gasteiger partial charge is 0.242 e. The van der Waals surface area contributed by atoms with Gasteiger partial charge in [0.25, 0.3) is 0 Å². The van der Waals surface area contributed by atoms with E-state index in [-0.39, 0.29) is 18.2 Å². The summed E-state index contributed by atoms with van der Waals surface area (Å²) in [6.45, 7) is 6.66. The predicted octanol–water partition coefficient (Wildman–Crippen LogP) is 4.68. The molecular weight excluding hydrogens is 398 g/mol. The number of amides is 2. The predicted molar refractivity (Wildman–Crippen MR) is 123 cm³/mol. The fourth-order valence-corrected chi connectivity index (χ4v) is 4.48. The van der Waals surface area contributed by atoms with Gasteiger partial charge in [-0.3, -0.25) is 14.5 Å². The Morgan fingerprint density at radius 3 is 2.70 bits per heavy atom. The van der Waals surface area contributed by atoms with E-state index in [1.807, 2.05) is 45.0 Å². The Kier molecular flexibility index (Phi) is 7.15. The monoisotopic (exact) mass is 425 g/mol. The van der Waals surface area contributed by atoms with Crippen LogP contribution in [0.2, 0.25) is 0 Å². The summed E-state index contributed by atoms with van der Waals surface area (Å²) in [7, 11) is 1.56. The lowest BCUT2D eigenvalue weighted by Crippen LogP contribution is -2.34. The molecule has 1 atom stereocenters. The van der Waals surface area contributed by atoms with E-state index < -0.39 is 5.25 Å². The number of hydrogen-bond acceptors (Lipinski definition) is 5. The third kappa shape index (κ3) is 5.02. The molecule has 1 saturated heterocycles. The number of thioether (sulfide) groups is 1. The molecule has 0 saturated carbocycles. The van der Waals surface area contributed by atoms with Crippen molar-refractivity contribution in [1.82, 2.24) is 4.90 Å². The van der Waals surface area contributed by atoms with Gasteiger partial charge in [-0.25, -0.2) is 4.99 Å². The number of carbonyl (C=O) groups is 2. The van der Waals surface area contributed by atoms with Gasteiger partial charge in [-0.1, -0.05) is 48.5 Å². The van der Waals surface area contributed by atoms with Crippen molar-refractivity contribution in [3.8, 4) is 5.75 Å². The maximum Gasteiger partial charge on any atom is 0.242 e. The maximum atomic E-state index is 13.0. The molecule has 1 fully saturated rings. The zero-order valence-corrected chi connectivity index (χ0v) is 18.6. The minimum atomic E-state index is -0.490. The number of anilines is 1. The number of carbonyl (C=O) groups excluding carboxylic acids is 2. The van der Waals surface area contributed by atoms with Crippen LogP contribution in [0.25, 0.3) is 0 Å². The number of rotatable bonds is 7. The highest BCUT2D eigenvalue weighted by Gasteiger charge is 2.38. The van der Waals surface area contributed by atoms with Crippen LogP contribution in [-0.2, 0) is 9.59 Å². The summed E-state index contributed by atoms with van der Waals surface area (Å²) in [6, 6.07) is 13.3. The van der Waals surface area contributed by atoms with Gasteiger partial charge in [-0.05, 0) is 44.0 Å². The Balaban J connectivity index is 1.77. The van der Waals surface area contributed by atoms with E-state index in [1.54, 1.807) is 24.1 Å². The van der Waals surface area contributed by atoms with E-state index in [1.165, 1.54) is 17.3 Å². The number of nitrogens with zero attached hydrogens (tertiary/aromatic N) is 2. The number of methoxy groups -OCH3 is 1. The van der Waals surface area contributed by atoms with Crippen LogP contribution in [-0.4, -0.2) is 40.8 Å². The van der Waals surface area contributed by atoms with Crippen LogP contribution in [0, 0.1) is 13.8 Å². The van der Waals surface area contributed by atoms with E-state index in [0.717, 1.165) is 17.7 Å². The van der Waals surface area contributed by atoms with Crippen molar-refractivity contribution in [3.63, 3.8) is 0 Å². The van der Waals surface area contributed by atoms with E-state index >= 15 is 0 Å². The van der Waals surface area contributed by atoms with Crippen LogP contribution in [0.5, 0.6) is 5.75 Å². The lowest BCUT2D eigenvalue weighted by atomic mass is 10.1. The molecule has 2 amide bonds. The van der Waals surface area contributed by atoms with Crippen molar-refractivity contribution in [2.75, 3.05) is 19.0 Å². The Hall–Kier alpha value is -2.80. The van der Waals surface area contributed by atoms with Gasteiger partial charge in [0.15, 0.2) is 5.17 Å². The normalized spacial score (nSPS) is 17.5. The highest BCUT2D eigenvalue weighted by molar-refractivity contribution is 8.15. The number of ether oxygens (including phenoxy) is 1. The highest BCUT2D eigenvalue weighted by atomic mass is 32.2. The molecule has 2 aromatic rings. The fraction of sp³-hybridized carbons (Fsp3) is 0.348. The largest absolute Gasteiger partial charge is 0.495 e. The Morgan fingerprint density at radius 1 is 1.23 bits per heavy atom. The number of benzene rings is 2. The van der Waals surface area contributed by atoms with Gasteiger partial charge in [0, 0.05) is 13.0 Å². The summed E-state index contributed by atoms with van der Waals surface area (Å²) >= 11 is 1.36. The number of hydrogen-bond donors (Lipinski definition) is 1. The molecule has 0 unspecified atom stereocenters. The van der Waals surface area contributed by atoms with Crippen molar-refractivity contribution in [2.45, 2.75) is 38.9 Å². The molecule has 0 aliphatic carbocycles. The highest BCUT2D eigenvalue weighted by Crippen LogP contribution is 2.33. The van der Waals surface area contributed by atoms with Crippen LogP contribution < -0.4 is 10.1 Å². The third-order valence-electron chi connectivity index (χ3n) is 4.79. The van der Waals surface area contributed by atoms with Crippen molar-refractivity contribution in [2.24, 2.45) is 4.99 Å². The van der Waals surface area contributed by atoms with E-state index in [9.17, 15) is 9.59 Å². The molecule has 3 rings (SSSR count). The molecule has 158 valence electrons. The molecular formula is C23H27N3O3S. The summed E-state index contributed by atoms with van der Waals surface area (Å²) in [6.07, 6.45) is 0.895. The molecule has 1 aliphatic heterocycles. The van der Waals surface area contributed by atoms with Crippen LogP contribution in [0.3, 0.4) is 0 Å². The minimum Gasteiger partial charge on any atom is -0.495 e. The molecule has 0 bridgehead atoms. The Labute approximate surface area is 181 Å². The van der Waals surface area contributed by atoms with E-state index in [4.69, 9.17) is 9.73 Å². The number of para-hydroxylation sites is 2. The molecule has 1 N–H and O–H groups in total. The first-order valence-corrected chi connectivity index (χ1v) is 10.9. The van der Waals surface area contributed by atoms with Gasteiger partial charge >= 0.3 is 0 Å². The summed E-state index contributed by atoms with van der Waals surface area (Å²) in [5.74, 6) is 0.288. The molecule has 7 heteroatoms. The SMILES string of the molecule is CCCN1C(=O)[C@H](CC(=O)Nc2ccccc2OC)SC1=Nc1ccc(C)cc1C. The third-order valence-corrected chi connectivity index (χ3v) is 5.96. The fourth-order valence-electron chi connectivity index (χ4n) is 3.31. The number of nitrogens with one attached hydrogen (secondary N) is 1. The van der Waals surface area contributed by atoms with E-state index in [0.29, 0.717) is 23.1 Å². The molecule has 1 heterocycles. The summed E-state index contributed by atoms with van der Waals surface area (Å²) in [5, 5.41) is 3.01. The summed E-state index contributed by atoms with van der Waals surface area (Å²) in [4.78, 5) is 32.0. The Morgan fingerprint density at radius 2 is 2.00 bits per heavy atom. The Bertz CT molecular complexity index is 974. The quantitative estimate of drug-likeness (QED) is 0.699. The van der Waals surface area contributed by atoms with Crippen LogP contribution in [0.1, 0.15) is 30.9 Å². The first-order valence-electron chi connectivity index (χ1n) is 9.99. The van der Waals surface area contributed by atoms with Gasteiger partial charge in [0.1, 0.15) is 11.0 Å². The van der Waals surface area contributed by atoms with Crippen molar-refractivity contribution in [3.05, 3.63) is 53.6 Å². The first-order chi connectivity index (χ1) is 14.4. The molecule has 2 aromatic carbocycles. The lowest BCUT2D eigenvalue weighted by molar-refractivity contribution is -0.128. The zero-order chi connectivity index (χ0) is 21.7. The molecule has 1 aliphatic rings.